The van der Waals surface area contributed by atoms with E-state index in [4.69, 9.17) is 23.7 Å². The first-order chi connectivity index (χ1) is 22.0. The Hall–Kier alpha value is -3.83. The number of alkyl carbamates (subject to hydrolysis) is 1. The third-order valence-corrected chi connectivity index (χ3v) is 7.67. The fourth-order valence-corrected chi connectivity index (χ4v) is 5.31. The Morgan fingerprint density at radius 3 is 1.91 bits per heavy atom. The minimum Gasteiger partial charge on any atom is -0.449 e. The number of imide groups is 1. The maximum absolute atomic E-state index is 14.2. The van der Waals surface area contributed by atoms with Crippen LogP contribution in [0.3, 0.4) is 0 Å². The van der Waals surface area contributed by atoms with Crippen molar-refractivity contribution in [3.8, 4) is 11.8 Å². The second-order valence-corrected chi connectivity index (χ2v) is 10.7. The maximum Gasteiger partial charge on any atom is 0.407 e. The number of nitrogens with zero attached hydrogens (tertiary/aromatic N) is 1. The average molecular weight is 630 g/mol. The Labute approximate surface area is 261 Å². The van der Waals surface area contributed by atoms with E-state index < -0.39 is 29.6 Å². The van der Waals surface area contributed by atoms with Gasteiger partial charge in [0.25, 0.3) is 17.7 Å². The van der Waals surface area contributed by atoms with Crippen LogP contribution in [0, 0.1) is 35.4 Å². The summed E-state index contributed by atoms with van der Waals surface area (Å²) in [5, 5.41) is 5.24. The second-order valence-electron chi connectivity index (χ2n) is 10.7. The first-order valence-electron chi connectivity index (χ1n) is 15.3. The van der Waals surface area contributed by atoms with Crippen molar-refractivity contribution in [2.24, 2.45) is 17.8 Å². The molecule has 4 amide bonds. The van der Waals surface area contributed by atoms with E-state index in [0.717, 1.165) is 54.9 Å². The number of carbonyl (C=O) groups excluding carboxylic acids is 4. The molecule has 13 heteroatoms. The molecule has 0 unspecified atom stereocenters. The molecule has 1 saturated carbocycles. The van der Waals surface area contributed by atoms with Crippen LogP contribution in [0.5, 0.6) is 0 Å². The molecule has 1 heterocycles. The third-order valence-electron chi connectivity index (χ3n) is 7.67. The number of hydrogen-bond acceptors (Lipinski definition) is 9. The number of halogens is 1. The van der Waals surface area contributed by atoms with Crippen molar-refractivity contribution in [2.45, 2.75) is 25.7 Å². The van der Waals surface area contributed by atoms with Gasteiger partial charge in [0.15, 0.2) is 0 Å². The van der Waals surface area contributed by atoms with Crippen molar-refractivity contribution in [1.29, 1.82) is 0 Å². The van der Waals surface area contributed by atoms with Crippen LogP contribution in [0.2, 0.25) is 0 Å². The summed E-state index contributed by atoms with van der Waals surface area (Å²) in [5.41, 5.74) is -0.172. The summed E-state index contributed by atoms with van der Waals surface area (Å²) < 4.78 is 41.3. The van der Waals surface area contributed by atoms with Gasteiger partial charge in [0.2, 0.25) is 0 Å². The van der Waals surface area contributed by atoms with E-state index in [2.05, 4.69) is 22.5 Å². The van der Waals surface area contributed by atoms with Crippen LogP contribution in [-0.4, -0.2) is 96.4 Å². The lowest BCUT2D eigenvalue weighted by Crippen LogP contribution is -2.31. The summed E-state index contributed by atoms with van der Waals surface area (Å²) in [7, 11) is 0. The van der Waals surface area contributed by atoms with Gasteiger partial charge in [-0.3, -0.25) is 14.4 Å². The molecule has 3 atom stereocenters. The molecule has 4 rings (SSSR count). The van der Waals surface area contributed by atoms with E-state index in [1.54, 1.807) is 0 Å². The van der Waals surface area contributed by atoms with Crippen LogP contribution in [-0.2, 0) is 33.3 Å². The zero-order chi connectivity index (χ0) is 31.9. The molecule has 0 aromatic heterocycles. The molecular weight excluding hydrogens is 589 g/mol. The molecule has 0 saturated heterocycles. The van der Waals surface area contributed by atoms with Gasteiger partial charge in [-0.15, -0.1) is 11.8 Å². The lowest BCUT2D eigenvalue weighted by Gasteiger charge is -2.15. The molecule has 2 N–H and O–H groups in total. The lowest BCUT2D eigenvalue weighted by atomic mass is 10.1. The first-order valence-corrected chi connectivity index (χ1v) is 15.3. The van der Waals surface area contributed by atoms with Crippen LogP contribution in [0.25, 0.3) is 0 Å². The Morgan fingerprint density at radius 2 is 1.33 bits per heavy atom. The van der Waals surface area contributed by atoms with Crippen molar-refractivity contribution in [3.05, 3.63) is 41.7 Å². The molecular formula is C32H40FN3O9. The number of carbonyl (C=O) groups is 4. The number of rotatable bonds is 19. The Kier molecular flexibility index (Phi) is 13.8. The van der Waals surface area contributed by atoms with Gasteiger partial charge in [-0.1, -0.05) is 0 Å². The number of amides is 4. The summed E-state index contributed by atoms with van der Waals surface area (Å²) in [6.45, 7) is 3.66. The second kappa shape index (κ2) is 18.2. The van der Waals surface area contributed by atoms with Crippen molar-refractivity contribution in [1.82, 2.24) is 10.6 Å². The molecule has 244 valence electrons. The molecule has 0 bridgehead atoms. The largest absolute Gasteiger partial charge is 0.449 e. The van der Waals surface area contributed by atoms with Crippen LogP contribution < -0.4 is 15.5 Å². The van der Waals surface area contributed by atoms with Gasteiger partial charge in [0.1, 0.15) is 5.82 Å². The Morgan fingerprint density at radius 1 is 0.800 bits per heavy atom. The van der Waals surface area contributed by atoms with Gasteiger partial charge in [0.05, 0.1) is 70.7 Å². The zero-order valence-corrected chi connectivity index (χ0v) is 25.2. The summed E-state index contributed by atoms with van der Waals surface area (Å²) in [4.78, 5) is 48.8. The van der Waals surface area contributed by atoms with E-state index in [-0.39, 0.29) is 24.4 Å². The minimum atomic E-state index is -0.774. The number of anilines is 1. The lowest BCUT2D eigenvalue weighted by molar-refractivity contribution is -0.120. The summed E-state index contributed by atoms with van der Waals surface area (Å²) in [5.74, 6) is 5.55. The van der Waals surface area contributed by atoms with Crippen molar-refractivity contribution in [2.75, 3.05) is 77.5 Å². The molecule has 2 aliphatic carbocycles. The van der Waals surface area contributed by atoms with Crippen LogP contribution in [0.1, 0.15) is 36.0 Å². The predicted molar refractivity (Wildman–Crippen MR) is 160 cm³/mol. The molecule has 3 aliphatic rings. The van der Waals surface area contributed by atoms with E-state index in [0.29, 0.717) is 77.2 Å². The summed E-state index contributed by atoms with van der Waals surface area (Å²) in [6.07, 6.45) is 5.89. The van der Waals surface area contributed by atoms with Gasteiger partial charge in [0, 0.05) is 38.1 Å². The highest BCUT2D eigenvalue weighted by Crippen LogP contribution is 2.52. The molecule has 12 nitrogen and oxygen atoms in total. The molecule has 1 aliphatic heterocycles. The monoisotopic (exact) mass is 629 g/mol. The number of ether oxygens (including phenoxy) is 5. The fraction of sp³-hybridized carbons (Fsp3) is 0.562. The van der Waals surface area contributed by atoms with Gasteiger partial charge in [-0.25, -0.2) is 14.1 Å². The molecule has 1 fully saturated rings. The molecule has 1 aromatic rings. The number of fused-ring (bicyclic) bond motifs is 1. The van der Waals surface area contributed by atoms with Crippen molar-refractivity contribution in [3.63, 3.8) is 0 Å². The quantitative estimate of drug-likeness (QED) is 0.134. The molecule has 45 heavy (non-hydrogen) atoms. The standard InChI is InChI=1S/C32H40FN3O9/c33-28-8-7-23(36-29(37)9-10-30(36)38)21-26(28)31(39)34-11-13-41-15-17-43-19-20-44-18-16-42-14-12-35-32(40)45-22-27-24-5-3-1-2-4-6-25(24)27/h7-10,21,24-25,27H,3-6,11-20,22H2,(H,34,39)(H,35,40)/t24-,25+,27-. The highest BCUT2D eigenvalue weighted by atomic mass is 19.1. The molecule has 1 aromatic carbocycles. The topological polar surface area (TPSA) is 142 Å². The Balaban J connectivity index is 0.907. The van der Waals surface area contributed by atoms with E-state index in [1.807, 2.05) is 0 Å². The van der Waals surface area contributed by atoms with Gasteiger partial charge < -0.3 is 34.3 Å². The van der Waals surface area contributed by atoms with Crippen LogP contribution >= 0.6 is 0 Å². The highest BCUT2D eigenvalue weighted by Gasteiger charge is 2.49. The number of nitrogens with one attached hydrogen (secondary N) is 2. The SMILES string of the molecule is O=C(NCCOCCOCCOCCOCCNC(=O)c1cc(N2C(=O)C=CC2=O)ccc1F)OC[C@@H]1[C@@H]2CCC#CCC[C@@H]21. The third kappa shape index (κ3) is 10.9. The fourth-order valence-electron chi connectivity index (χ4n) is 5.31. The average Bonchev–Trinajstić information content (AvgIpc) is 3.54. The number of benzene rings is 1. The molecule has 0 spiro atoms. The van der Waals surface area contributed by atoms with Gasteiger partial charge >= 0.3 is 6.09 Å². The smallest absolute Gasteiger partial charge is 0.407 e. The van der Waals surface area contributed by atoms with E-state index >= 15 is 0 Å². The summed E-state index contributed by atoms with van der Waals surface area (Å²) in [6, 6.07) is 3.45. The van der Waals surface area contributed by atoms with Crippen LogP contribution in [0.4, 0.5) is 14.9 Å². The van der Waals surface area contributed by atoms with Crippen molar-refractivity contribution < 1.29 is 47.3 Å². The predicted octanol–water partition coefficient (Wildman–Crippen LogP) is 2.22. The number of hydrogen-bond donors (Lipinski definition) is 2. The molecule has 0 radical (unpaired) electrons. The van der Waals surface area contributed by atoms with E-state index in [9.17, 15) is 23.6 Å². The maximum atomic E-state index is 14.2. The summed E-state index contributed by atoms with van der Waals surface area (Å²) >= 11 is 0. The van der Waals surface area contributed by atoms with Crippen LogP contribution in [0.15, 0.2) is 30.4 Å². The minimum absolute atomic E-state index is 0.112. The Bertz CT molecular complexity index is 1240. The highest BCUT2D eigenvalue weighted by molar-refractivity contribution is 6.28. The van der Waals surface area contributed by atoms with Gasteiger partial charge in [-0.2, -0.15) is 0 Å². The van der Waals surface area contributed by atoms with E-state index in [1.165, 1.54) is 6.07 Å². The first kappa shape index (κ1) is 34.1. The zero-order valence-electron chi connectivity index (χ0n) is 25.2. The normalized spacial score (nSPS) is 20.1. The van der Waals surface area contributed by atoms with Gasteiger partial charge in [-0.05, 0) is 48.8 Å². The van der Waals surface area contributed by atoms with Crippen molar-refractivity contribution >= 4 is 29.5 Å².